The number of nitrogens with zero attached hydrogens (tertiary/aromatic N) is 1. The number of nitrogens with one attached hydrogen (secondary N) is 1. The third kappa shape index (κ3) is 3.84. The van der Waals surface area contributed by atoms with Crippen molar-refractivity contribution in [3.63, 3.8) is 0 Å². The molecule has 1 aromatic heterocycles. The minimum atomic E-state index is -0.310. The Bertz CT molecular complexity index is 442. The molecule has 3 N–H and O–H groups in total. The van der Waals surface area contributed by atoms with Crippen LogP contribution in [0, 0.1) is 11.8 Å². The number of amides is 1. The molecular formula is C15H25N3O2. The first-order valence-electron chi connectivity index (χ1n) is 7.41. The van der Waals surface area contributed by atoms with E-state index >= 15 is 0 Å². The molecular weight excluding hydrogens is 254 g/mol. The molecule has 0 bridgehead atoms. The average molecular weight is 279 g/mol. The fraction of sp³-hybridized carbons (Fsp3) is 0.667. The maximum atomic E-state index is 11.4. The number of nitrogens with two attached hydrogens (primary N) is 1. The van der Waals surface area contributed by atoms with Crippen molar-refractivity contribution in [1.82, 2.24) is 10.3 Å². The van der Waals surface area contributed by atoms with Crippen LogP contribution in [-0.4, -0.2) is 23.9 Å². The summed E-state index contributed by atoms with van der Waals surface area (Å²) in [5.41, 5.74) is 2.60. The van der Waals surface area contributed by atoms with Gasteiger partial charge in [0.25, 0.3) is 5.91 Å². The molecule has 0 radical (unpaired) electrons. The van der Waals surface area contributed by atoms with Crippen LogP contribution >= 0.6 is 0 Å². The van der Waals surface area contributed by atoms with Crippen LogP contribution < -0.4 is 11.3 Å². The van der Waals surface area contributed by atoms with E-state index in [1.165, 1.54) is 25.5 Å². The number of hydrogen-bond donors (Lipinski definition) is 2. The zero-order valence-corrected chi connectivity index (χ0v) is 12.4. The van der Waals surface area contributed by atoms with Gasteiger partial charge in [-0.25, -0.2) is 5.84 Å². The van der Waals surface area contributed by atoms with Gasteiger partial charge in [-0.3, -0.25) is 15.1 Å². The highest BCUT2D eigenvalue weighted by Crippen LogP contribution is 2.25. The molecule has 1 aromatic rings. The zero-order valence-electron chi connectivity index (χ0n) is 12.4. The molecule has 2 rings (SSSR count). The first-order valence-corrected chi connectivity index (χ1v) is 7.41. The summed E-state index contributed by atoms with van der Waals surface area (Å²) in [6.07, 6.45) is 5.26. The van der Waals surface area contributed by atoms with Crippen molar-refractivity contribution in [1.29, 1.82) is 0 Å². The number of carbonyl (C=O) groups is 1. The van der Waals surface area contributed by atoms with Crippen LogP contribution in [0.5, 0.6) is 0 Å². The Morgan fingerprint density at radius 2 is 2.30 bits per heavy atom. The number of rotatable bonds is 4. The summed E-state index contributed by atoms with van der Waals surface area (Å²) in [6.45, 7) is 7.59. The second-order valence-electron chi connectivity index (χ2n) is 5.99. The summed E-state index contributed by atoms with van der Waals surface area (Å²) in [6, 6.07) is 1.77. The molecule has 1 fully saturated rings. The van der Waals surface area contributed by atoms with E-state index in [4.69, 9.17) is 10.3 Å². The lowest BCUT2D eigenvalue weighted by atomic mass is 9.89. The van der Waals surface area contributed by atoms with Crippen LogP contribution in [0.25, 0.3) is 0 Å². The van der Waals surface area contributed by atoms with E-state index in [-0.39, 0.29) is 5.91 Å². The molecule has 5 heteroatoms. The van der Waals surface area contributed by atoms with Crippen LogP contribution in [0.3, 0.4) is 0 Å². The number of nitrogen functional groups attached to an aromatic ring is 1. The fourth-order valence-electron chi connectivity index (χ4n) is 2.89. The summed E-state index contributed by atoms with van der Waals surface area (Å²) < 4.78 is 5.45. The van der Waals surface area contributed by atoms with Crippen LogP contribution in [0.15, 0.2) is 16.7 Å². The van der Waals surface area contributed by atoms with E-state index in [9.17, 15) is 4.79 Å². The van der Waals surface area contributed by atoms with Gasteiger partial charge in [0.15, 0.2) is 0 Å². The molecule has 5 nitrogen and oxygen atoms in total. The number of hydrogen-bond acceptors (Lipinski definition) is 4. The molecule has 112 valence electrons. The molecule has 0 spiro atoms. The van der Waals surface area contributed by atoms with E-state index in [0.717, 1.165) is 37.2 Å². The van der Waals surface area contributed by atoms with Crippen LogP contribution in [0.1, 0.15) is 49.2 Å². The van der Waals surface area contributed by atoms with Gasteiger partial charge in [0.05, 0.1) is 12.1 Å². The van der Waals surface area contributed by atoms with E-state index in [0.29, 0.717) is 5.56 Å². The van der Waals surface area contributed by atoms with Crippen LogP contribution in [0.4, 0.5) is 0 Å². The predicted molar refractivity (Wildman–Crippen MR) is 77.8 cm³/mol. The Morgan fingerprint density at radius 1 is 1.50 bits per heavy atom. The molecule has 2 heterocycles. The van der Waals surface area contributed by atoms with Gasteiger partial charge in [-0.1, -0.05) is 13.8 Å². The standard InChI is InChI=1S/C15H25N3O2/c1-11(2)12-4-3-6-18(7-5-12)9-14-8-13(10-20-14)15(19)17-16/h8,10-12H,3-7,9,16H2,1-2H3,(H,17,19). The number of carbonyl (C=O) groups excluding carboxylic acids is 1. The van der Waals surface area contributed by atoms with Crippen LogP contribution in [0.2, 0.25) is 0 Å². The lowest BCUT2D eigenvalue weighted by molar-refractivity contribution is 0.0953. The maximum Gasteiger partial charge on any atom is 0.268 e. The average Bonchev–Trinajstić information content (AvgIpc) is 2.76. The van der Waals surface area contributed by atoms with Gasteiger partial charge in [0.2, 0.25) is 0 Å². The number of hydrazine groups is 1. The van der Waals surface area contributed by atoms with Gasteiger partial charge in [-0.15, -0.1) is 0 Å². The Balaban J connectivity index is 1.90. The molecule has 0 saturated carbocycles. The Kier molecular flexibility index (Phi) is 5.20. The summed E-state index contributed by atoms with van der Waals surface area (Å²) in [4.78, 5) is 13.8. The molecule has 1 aliphatic heterocycles. The molecule has 1 saturated heterocycles. The van der Waals surface area contributed by atoms with Gasteiger partial charge >= 0.3 is 0 Å². The van der Waals surface area contributed by atoms with Crippen molar-refractivity contribution in [3.8, 4) is 0 Å². The Labute approximate surface area is 120 Å². The lowest BCUT2D eigenvalue weighted by Gasteiger charge is -2.20. The predicted octanol–water partition coefficient (Wildman–Crippen LogP) is 2.14. The third-order valence-corrected chi connectivity index (χ3v) is 4.23. The highest BCUT2D eigenvalue weighted by molar-refractivity contribution is 5.93. The van der Waals surface area contributed by atoms with Crippen LogP contribution in [-0.2, 0) is 6.54 Å². The first kappa shape index (κ1) is 15.1. The largest absolute Gasteiger partial charge is 0.467 e. The third-order valence-electron chi connectivity index (χ3n) is 4.23. The Hall–Kier alpha value is -1.33. The quantitative estimate of drug-likeness (QED) is 0.503. The molecule has 20 heavy (non-hydrogen) atoms. The van der Waals surface area contributed by atoms with Gasteiger partial charge < -0.3 is 4.42 Å². The van der Waals surface area contributed by atoms with E-state index in [1.54, 1.807) is 6.07 Å². The highest BCUT2D eigenvalue weighted by Gasteiger charge is 2.20. The molecule has 1 unspecified atom stereocenters. The SMILES string of the molecule is CC(C)C1CCCN(Cc2cc(C(=O)NN)co2)CC1. The highest BCUT2D eigenvalue weighted by atomic mass is 16.3. The van der Waals surface area contributed by atoms with Crippen molar-refractivity contribution < 1.29 is 9.21 Å². The monoisotopic (exact) mass is 279 g/mol. The van der Waals surface area contributed by atoms with Crippen molar-refractivity contribution in [2.45, 2.75) is 39.7 Å². The van der Waals surface area contributed by atoms with Gasteiger partial charge in [-0.05, 0) is 50.3 Å². The van der Waals surface area contributed by atoms with E-state index < -0.39 is 0 Å². The Morgan fingerprint density at radius 3 is 3.00 bits per heavy atom. The normalized spacial score (nSPS) is 20.9. The number of likely N-dealkylation sites (tertiary alicyclic amines) is 1. The fourth-order valence-corrected chi connectivity index (χ4v) is 2.89. The zero-order chi connectivity index (χ0) is 14.5. The summed E-state index contributed by atoms with van der Waals surface area (Å²) in [5, 5.41) is 0. The second-order valence-corrected chi connectivity index (χ2v) is 5.99. The van der Waals surface area contributed by atoms with Crippen molar-refractivity contribution in [2.24, 2.45) is 17.7 Å². The molecule has 0 aliphatic carbocycles. The molecule has 1 atom stereocenters. The lowest BCUT2D eigenvalue weighted by Crippen LogP contribution is -2.29. The maximum absolute atomic E-state index is 11.4. The first-order chi connectivity index (χ1) is 9.60. The number of furan rings is 1. The van der Waals surface area contributed by atoms with Gasteiger partial charge in [0, 0.05) is 0 Å². The summed E-state index contributed by atoms with van der Waals surface area (Å²) >= 11 is 0. The second kappa shape index (κ2) is 6.90. The topological polar surface area (TPSA) is 71.5 Å². The van der Waals surface area contributed by atoms with Crippen molar-refractivity contribution in [3.05, 3.63) is 23.7 Å². The summed E-state index contributed by atoms with van der Waals surface area (Å²) in [7, 11) is 0. The summed E-state index contributed by atoms with van der Waals surface area (Å²) in [5.74, 6) is 7.22. The molecule has 1 aliphatic rings. The minimum Gasteiger partial charge on any atom is -0.467 e. The van der Waals surface area contributed by atoms with Crippen molar-refractivity contribution >= 4 is 5.91 Å². The van der Waals surface area contributed by atoms with Gasteiger partial charge in [0.1, 0.15) is 12.0 Å². The smallest absolute Gasteiger partial charge is 0.268 e. The van der Waals surface area contributed by atoms with Gasteiger partial charge in [-0.2, -0.15) is 0 Å². The van der Waals surface area contributed by atoms with E-state index in [1.807, 2.05) is 0 Å². The van der Waals surface area contributed by atoms with Crippen molar-refractivity contribution in [2.75, 3.05) is 13.1 Å². The molecule has 1 amide bonds. The molecule has 0 aromatic carbocycles. The van der Waals surface area contributed by atoms with E-state index in [2.05, 4.69) is 24.2 Å². The minimum absolute atomic E-state index is 0.310.